The number of rotatable bonds is 16. The van der Waals surface area contributed by atoms with Crippen molar-refractivity contribution < 1.29 is 90.0 Å². The van der Waals surface area contributed by atoms with E-state index in [9.17, 15) is 19.0 Å². The number of aliphatic hydroxyl groups is 2. The first-order chi connectivity index (χ1) is 40.5. The molecule has 91 heavy (non-hydrogen) atoms. The van der Waals surface area contributed by atoms with Gasteiger partial charge in [-0.2, -0.15) is 0 Å². The van der Waals surface area contributed by atoms with E-state index in [4.69, 9.17) is 71.1 Å². The van der Waals surface area contributed by atoms with Gasteiger partial charge in [0, 0.05) is 12.4 Å². The molecule has 0 saturated carbocycles. The van der Waals surface area contributed by atoms with E-state index in [1.54, 1.807) is 32.7 Å². The summed E-state index contributed by atoms with van der Waals surface area (Å²) < 4.78 is 115. The monoisotopic (exact) mass is 1330 g/mol. The summed E-state index contributed by atoms with van der Waals surface area (Å²) in [6.45, 7) is 71.4. The van der Waals surface area contributed by atoms with Crippen LogP contribution in [0.25, 0.3) is 0 Å². The fraction of sp³-hybridized carbons (Fsp3) is 1.00. The summed E-state index contributed by atoms with van der Waals surface area (Å²) in [5, 5.41) is 20.7. The largest absolute Gasteiger partial charge is 0.389 e. The molecule has 0 aliphatic carbocycles. The van der Waals surface area contributed by atoms with Crippen LogP contribution in [0.5, 0.6) is 0 Å². The van der Waals surface area contributed by atoms with Crippen LogP contribution in [0, 0.1) is 0 Å². The van der Waals surface area contributed by atoms with Crippen molar-refractivity contribution in [1.82, 2.24) is 0 Å². The molecule has 5 fully saturated rings. The molecular weight excluding hydrogens is 1190 g/mol. The van der Waals surface area contributed by atoms with Gasteiger partial charge in [0.25, 0.3) is 0 Å². The molecule has 0 spiro atoms. The van der Waals surface area contributed by atoms with Gasteiger partial charge < -0.3 is 81.3 Å². The molecule has 5 unspecified atom stereocenters. The van der Waals surface area contributed by atoms with Gasteiger partial charge in [0.1, 0.15) is 61.0 Å². The van der Waals surface area contributed by atoms with Crippen molar-refractivity contribution in [3.8, 4) is 0 Å². The van der Waals surface area contributed by atoms with E-state index in [-0.39, 0.29) is 128 Å². The topological polar surface area (TPSA) is 179 Å². The van der Waals surface area contributed by atoms with Gasteiger partial charge in [-0.05, 0) is 235 Å². The van der Waals surface area contributed by atoms with Gasteiger partial charge in [0.05, 0.1) is 131 Å². The smallest absolute Gasteiger partial charge is 0.155 e. The van der Waals surface area contributed by atoms with Crippen LogP contribution in [0.1, 0.15) is 242 Å². The van der Waals surface area contributed by atoms with E-state index in [0.717, 1.165) is 0 Å². The number of methoxy groups -OCH3 is 1. The number of hydrogen-bond donors (Lipinski definition) is 2. The number of thioether (sulfide) groups is 1. The molecule has 20 atom stereocenters. The van der Waals surface area contributed by atoms with E-state index in [0.29, 0.717) is 33.0 Å². The van der Waals surface area contributed by atoms with Crippen LogP contribution in [-0.4, -0.2) is 227 Å². The Morgan fingerprint density at radius 2 is 0.560 bits per heavy atom. The van der Waals surface area contributed by atoms with Crippen molar-refractivity contribution in [2.75, 3.05) is 40.1 Å². The third-order valence-electron chi connectivity index (χ3n) is 13.8. The average Bonchev–Trinajstić information content (AvgIpc) is 1.75. The lowest BCUT2D eigenvalue weighted by Crippen LogP contribution is -2.43. The van der Waals surface area contributed by atoms with Crippen LogP contribution in [0.4, 0.5) is 8.78 Å². The van der Waals surface area contributed by atoms with Crippen LogP contribution in [0.2, 0.25) is 0 Å². The second-order valence-corrected chi connectivity index (χ2v) is 36.7. The minimum absolute atomic E-state index is 0.0194. The van der Waals surface area contributed by atoms with Crippen molar-refractivity contribution in [3.63, 3.8) is 0 Å². The highest BCUT2D eigenvalue weighted by Crippen LogP contribution is 2.39. The van der Waals surface area contributed by atoms with E-state index in [1.807, 2.05) is 228 Å². The maximum absolute atomic E-state index is 14.1. The zero-order valence-electron chi connectivity index (χ0n) is 64.3. The van der Waals surface area contributed by atoms with Crippen molar-refractivity contribution in [2.45, 2.75) is 419 Å². The van der Waals surface area contributed by atoms with Gasteiger partial charge >= 0.3 is 0 Å². The van der Waals surface area contributed by atoms with Crippen LogP contribution < -0.4 is 0 Å². The molecule has 5 aliphatic heterocycles. The molecule has 20 heteroatoms. The van der Waals surface area contributed by atoms with Crippen molar-refractivity contribution >= 4 is 11.8 Å². The van der Waals surface area contributed by atoms with Gasteiger partial charge in [-0.3, -0.25) is 0 Å². The van der Waals surface area contributed by atoms with E-state index in [2.05, 4.69) is 0 Å². The molecular formula is C71H140F2O17S. The molecule has 2 N–H and O–H groups in total. The number of aliphatic hydroxyl groups excluding tert-OH is 2. The maximum Gasteiger partial charge on any atom is 0.155 e. The molecule has 0 aromatic carbocycles. The second kappa shape index (κ2) is 35.5. The third-order valence-corrected chi connectivity index (χ3v) is 15.3. The fourth-order valence-corrected chi connectivity index (χ4v) is 11.4. The Bertz CT molecular complexity index is 1780. The Kier molecular flexibility index (Phi) is 34.6. The zero-order chi connectivity index (χ0) is 71.4. The first-order valence-electron chi connectivity index (χ1n) is 33.5. The quantitative estimate of drug-likeness (QED) is 0.149. The van der Waals surface area contributed by atoms with E-state index < -0.39 is 49.0 Å². The molecule has 5 aliphatic rings. The molecule has 5 rings (SSSR count). The van der Waals surface area contributed by atoms with Crippen molar-refractivity contribution in [1.29, 1.82) is 0 Å². The van der Waals surface area contributed by atoms with Gasteiger partial charge in [-0.1, -0.05) is 6.92 Å². The van der Waals surface area contributed by atoms with Gasteiger partial charge in [0.2, 0.25) is 0 Å². The molecule has 17 nitrogen and oxygen atoms in total. The fourth-order valence-electron chi connectivity index (χ4n) is 9.97. The van der Waals surface area contributed by atoms with E-state index >= 15 is 0 Å². The summed E-state index contributed by atoms with van der Waals surface area (Å²) >= 11 is 1.76. The number of hydrogen-bond acceptors (Lipinski definition) is 18. The SMILES string of the molecule is CO[C@H]1C(OC(C)(C)C)[C@@H](COC(C)(C)C)O[C@H]1C.C[C@@H]1O[C@H](COC(C)(C)C)C(OC(C)(C)C)[C@@H]1F.C[C@@H]1O[C@H](COC(C)(C)C)C(OC(C)(C)C)[C@@H]1O.C[C@@H]1O[C@H](COC(C)(C)C)C(OC(C)(C)C)[C@H]1F.C[C@@H]1S[C@H](COC(C)(C)C)C(OC(C)(C)C)[C@@H]1O. The highest BCUT2D eigenvalue weighted by molar-refractivity contribution is 8.00. The lowest BCUT2D eigenvalue weighted by atomic mass is 10.1. The first kappa shape index (κ1) is 88.5. The summed E-state index contributed by atoms with van der Waals surface area (Å²) in [7, 11) is 1.70. The molecule has 0 amide bonds. The van der Waals surface area contributed by atoms with Crippen molar-refractivity contribution in [3.05, 3.63) is 0 Å². The van der Waals surface area contributed by atoms with Crippen LogP contribution in [0.15, 0.2) is 0 Å². The number of halogens is 2. The molecule has 0 aromatic heterocycles. The Hall–Kier alpha value is -0.470. The van der Waals surface area contributed by atoms with Crippen LogP contribution >= 0.6 is 11.8 Å². The van der Waals surface area contributed by atoms with Gasteiger partial charge in [-0.15, -0.1) is 11.8 Å². The second-order valence-electron chi connectivity index (χ2n) is 35.1. The molecule has 546 valence electrons. The molecule has 5 heterocycles. The molecule has 0 bridgehead atoms. The van der Waals surface area contributed by atoms with E-state index in [1.165, 1.54) is 0 Å². The summed E-state index contributed by atoms with van der Waals surface area (Å²) in [6.07, 6.45) is -6.99. The van der Waals surface area contributed by atoms with Gasteiger partial charge in [-0.25, -0.2) is 8.78 Å². The number of ether oxygens (including phenoxy) is 15. The Morgan fingerprint density at radius 3 is 0.868 bits per heavy atom. The molecule has 5 saturated heterocycles. The zero-order valence-corrected chi connectivity index (χ0v) is 65.1. The predicted molar refractivity (Wildman–Crippen MR) is 362 cm³/mol. The maximum atomic E-state index is 14.1. The highest BCUT2D eigenvalue weighted by Gasteiger charge is 2.50. The Balaban J connectivity index is 0.000000569. The number of alkyl halides is 2. The summed E-state index contributed by atoms with van der Waals surface area (Å²) in [5.41, 5.74) is -2.60. The third kappa shape index (κ3) is 36.8. The molecule has 0 radical (unpaired) electrons. The summed E-state index contributed by atoms with van der Waals surface area (Å²) in [4.78, 5) is 0. The van der Waals surface area contributed by atoms with Crippen LogP contribution in [-0.2, 0) is 71.1 Å². The minimum atomic E-state index is -1.10. The predicted octanol–water partition coefficient (Wildman–Crippen LogP) is 14.0. The lowest BCUT2D eigenvalue weighted by molar-refractivity contribution is -0.140. The summed E-state index contributed by atoms with van der Waals surface area (Å²) in [6, 6.07) is 0. The summed E-state index contributed by atoms with van der Waals surface area (Å²) in [5.74, 6) is 0. The highest BCUT2D eigenvalue weighted by atomic mass is 32.2. The van der Waals surface area contributed by atoms with Crippen LogP contribution in [0.3, 0.4) is 0 Å². The minimum Gasteiger partial charge on any atom is -0.389 e. The Labute approximate surface area is 558 Å². The average molecular weight is 1340 g/mol. The molecule has 0 aromatic rings. The normalized spacial score (nSPS) is 33.8. The van der Waals surface area contributed by atoms with Gasteiger partial charge in [0.15, 0.2) is 12.3 Å². The van der Waals surface area contributed by atoms with Crippen molar-refractivity contribution in [2.24, 2.45) is 0 Å². The first-order valence-corrected chi connectivity index (χ1v) is 34.5. The Morgan fingerprint density at radius 1 is 0.308 bits per heavy atom. The standard InChI is InChI=1S/C15H30O4.2C14H27FO3.C14H28O4.C14H28O3S/c1-10-12(16-8)13(19-15(5,6)7)11(18-10)9-17-14(2,3)4;3*1-9-11(15)12(18-14(5,6)7)10(17-9)8-16-13(2,3)4;1-9-11(15)12(17-14(5,6)7)10(18-9)8-16-13(2,3)4/h10-13H,9H2,1-8H3;2*9-12H,8H2,1-7H3;2*9-12,15H,8H2,1-7H3/t10-,11+,12+,13?;9-,10+,11+,12?;9-,10+,11-,12?;2*9-,10+,11+,12?/m00000/s1. The lowest BCUT2D eigenvalue weighted by Gasteiger charge is -2.31.